The van der Waals surface area contributed by atoms with E-state index in [0.29, 0.717) is 0 Å². The maximum Gasteiger partial charge on any atom is 0.0542 e. The van der Waals surface area contributed by atoms with Gasteiger partial charge < -0.3 is 9.80 Å². The van der Waals surface area contributed by atoms with Gasteiger partial charge in [-0.15, -0.1) is 0 Å². The van der Waals surface area contributed by atoms with Crippen molar-refractivity contribution in [3.63, 3.8) is 0 Å². The lowest BCUT2D eigenvalue weighted by atomic mass is 9.82. The molecule has 0 radical (unpaired) electrons. The highest BCUT2D eigenvalue weighted by Gasteiger charge is 2.35. The second kappa shape index (κ2) is 9.22. The van der Waals surface area contributed by atoms with Crippen LogP contribution in [0, 0.1) is 0 Å². The van der Waals surface area contributed by atoms with Crippen molar-refractivity contribution in [2.45, 2.75) is 19.3 Å². The second-order valence-corrected chi connectivity index (χ2v) is 11.9. The van der Waals surface area contributed by atoms with Gasteiger partial charge in [0.25, 0.3) is 0 Å². The van der Waals surface area contributed by atoms with Gasteiger partial charge in [-0.05, 0) is 81.9 Å². The topological polar surface area (TPSA) is 6.48 Å². The first-order valence-electron chi connectivity index (χ1n) is 14.7. The number of rotatable bonds is 3. The Morgan fingerprint density at radius 1 is 0.452 bits per heavy atom. The number of benzene rings is 6. The molecule has 0 spiro atoms. The van der Waals surface area contributed by atoms with E-state index in [1.807, 2.05) is 0 Å². The fourth-order valence-electron chi connectivity index (χ4n) is 7.03. The molecule has 42 heavy (non-hydrogen) atoms. The lowest BCUT2D eigenvalue weighted by Crippen LogP contribution is -2.16. The van der Waals surface area contributed by atoms with E-state index in [1.54, 1.807) is 0 Å². The first kappa shape index (κ1) is 24.7. The molecule has 0 saturated carbocycles. The molecule has 6 aromatic carbocycles. The zero-order valence-electron chi connectivity index (χ0n) is 24.2. The number of hydrogen-bond donors (Lipinski definition) is 0. The molecule has 1 heterocycles. The van der Waals surface area contributed by atoms with Crippen LogP contribution in [0.5, 0.6) is 0 Å². The third-order valence-corrected chi connectivity index (χ3v) is 9.23. The molecule has 2 aliphatic rings. The summed E-state index contributed by atoms with van der Waals surface area (Å²) in [6, 6.07) is 51.0. The van der Waals surface area contributed by atoms with Crippen molar-refractivity contribution in [2.24, 2.45) is 0 Å². The third-order valence-electron chi connectivity index (χ3n) is 9.23. The molecule has 0 aromatic heterocycles. The maximum absolute atomic E-state index is 2.41. The molecule has 0 N–H and O–H groups in total. The normalized spacial score (nSPS) is 13.7. The van der Waals surface area contributed by atoms with Gasteiger partial charge in [0.05, 0.1) is 11.4 Å². The van der Waals surface area contributed by atoms with Crippen LogP contribution in [0.15, 0.2) is 140 Å². The molecule has 1 aliphatic heterocycles. The Kier molecular flexibility index (Phi) is 5.42. The van der Waals surface area contributed by atoms with Crippen molar-refractivity contribution in [3.8, 4) is 33.4 Å². The summed E-state index contributed by atoms with van der Waals surface area (Å²) in [4.78, 5) is 4.73. The van der Waals surface area contributed by atoms with Gasteiger partial charge in [0.1, 0.15) is 0 Å². The molecular formula is C40H32N2. The lowest BCUT2D eigenvalue weighted by molar-refractivity contribution is 0.660. The summed E-state index contributed by atoms with van der Waals surface area (Å²) >= 11 is 0. The van der Waals surface area contributed by atoms with E-state index in [4.69, 9.17) is 0 Å². The van der Waals surface area contributed by atoms with Gasteiger partial charge in [0.15, 0.2) is 0 Å². The highest BCUT2D eigenvalue weighted by molar-refractivity contribution is 6.03. The minimum Gasteiger partial charge on any atom is -0.345 e. The molecule has 1 aliphatic carbocycles. The molecule has 0 saturated heterocycles. The molecule has 0 fully saturated rings. The number of fused-ring (bicyclic) bond motifs is 8. The maximum atomic E-state index is 2.41. The highest BCUT2D eigenvalue weighted by atomic mass is 15.2. The van der Waals surface area contributed by atoms with Crippen molar-refractivity contribution >= 4 is 28.4 Å². The molecule has 0 atom stereocenters. The molecule has 0 bridgehead atoms. The summed E-state index contributed by atoms with van der Waals surface area (Å²) in [6.45, 7) is 4.69. The predicted octanol–water partition coefficient (Wildman–Crippen LogP) is 10.9. The third kappa shape index (κ3) is 3.58. The molecule has 6 aromatic rings. The van der Waals surface area contributed by atoms with E-state index in [9.17, 15) is 0 Å². The summed E-state index contributed by atoms with van der Waals surface area (Å²) in [5.74, 6) is 0. The Bertz CT molecular complexity index is 1990. The van der Waals surface area contributed by atoms with E-state index in [1.165, 1.54) is 61.6 Å². The van der Waals surface area contributed by atoms with Gasteiger partial charge in [-0.3, -0.25) is 0 Å². The average molecular weight is 541 g/mol. The van der Waals surface area contributed by atoms with Crippen molar-refractivity contribution in [3.05, 3.63) is 151 Å². The lowest BCUT2D eigenvalue weighted by Gasteiger charge is -2.29. The van der Waals surface area contributed by atoms with Crippen LogP contribution < -0.4 is 9.80 Å². The monoisotopic (exact) mass is 540 g/mol. The number of para-hydroxylation sites is 2. The van der Waals surface area contributed by atoms with Crippen LogP contribution >= 0.6 is 0 Å². The van der Waals surface area contributed by atoms with Gasteiger partial charge in [-0.2, -0.15) is 0 Å². The van der Waals surface area contributed by atoms with Crippen LogP contribution in [0.3, 0.4) is 0 Å². The van der Waals surface area contributed by atoms with Crippen molar-refractivity contribution in [1.29, 1.82) is 0 Å². The van der Waals surface area contributed by atoms with Gasteiger partial charge in [-0.1, -0.05) is 105 Å². The first-order valence-corrected chi connectivity index (χ1v) is 14.7. The Morgan fingerprint density at radius 3 is 1.79 bits per heavy atom. The Labute approximate surface area is 248 Å². The molecular weight excluding hydrogens is 508 g/mol. The second-order valence-electron chi connectivity index (χ2n) is 11.9. The summed E-state index contributed by atoms with van der Waals surface area (Å²) in [5.41, 5.74) is 16.3. The van der Waals surface area contributed by atoms with E-state index >= 15 is 0 Å². The number of nitrogens with zero attached hydrogens (tertiary/aromatic N) is 2. The van der Waals surface area contributed by atoms with Crippen LogP contribution in [0.4, 0.5) is 28.4 Å². The Morgan fingerprint density at radius 2 is 1.00 bits per heavy atom. The number of anilines is 5. The van der Waals surface area contributed by atoms with E-state index < -0.39 is 0 Å². The van der Waals surface area contributed by atoms with Crippen molar-refractivity contribution in [1.82, 2.24) is 0 Å². The van der Waals surface area contributed by atoms with E-state index in [2.05, 4.69) is 170 Å². The summed E-state index contributed by atoms with van der Waals surface area (Å²) in [7, 11) is 2.19. The van der Waals surface area contributed by atoms with Gasteiger partial charge >= 0.3 is 0 Å². The number of hydrogen-bond acceptors (Lipinski definition) is 2. The highest BCUT2D eigenvalue weighted by Crippen LogP contribution is 2.52. The quantitative estimate of drug-likeness (QED) is 0.220. The van der Waals surface area contributed by atoms with Crippen LogP contribution in [0.2, 0.25) is 0 Å². The van der Waals surface area contributed by atoms with Crippen LogP contribution in [0.25, 0.3) is 33.4 Å². The van der Waals surface area contributed by atoms with Gasteiger partial charge in [0, 0.05) is 40.7 Å². The SMILES string of the molecule is CN(c1ccc2c(c1)-c1ccccc1-c1ccccc1N2c1ccccc1)c1ccc2c(c1)C(C)(C)c1ccccc1-2. The summed E-state index contributed by atoms with van der Waals surface area (Å²) < 4.78 is 0. The molecule has 0 unspecified atom stereocenters. The Hall–Kier alpha value is -5.08. The fraction of sp³-hybridized carbons (Fsp3) is 0.100. The van der Waals surface area contributed by atoms with E-state index in [0.717, 1.165) is 11.4 Å². The van der Waals surface area contributed by atoms with E-state index in [-0.39, 0.29) is 5.41 Å². The standard InChI is InChI=1S/C40H32N2/c1-40(2)36-19-11-9-17-32(36)33-23-21-29(26-37(33)40)41(3)28-22-24-39-35(25-28)31-16-8-7-15-30(31)34-18-10-12-20-38(34)42(39)27-13-5-4-6-14-27/h4-26H,1-3H3. The largest absolute Gasteiger partial charge is 0.345 e. The van der Waals surface area contributed by atoms with Crippen LogP contribution in [0.1, 0.15) is 25.0 Å². The Balaban J connectivity index is 1.29. The van der Waals surface area contributed by atoms with Gasteiger partial charge in [-0.25, -0.2) is 0 Å². The molecule has 2 heteroatoms. The smallest absolute Gasteiger partial charge is 0.0542 e. The van der Waals surface area contributed by atoms with Crippen LogP contribution in [-0.2, 0) is 5.41 Å². The molecule has 202 valence electrons. The summed E-state index contributed by atoms with van der Waals surface area (Å²) in [6.07, 6.45) is 0. The van der Waals surface area contributed by atoms with Crippen LogP contribution in [-0.4, -0.2) is 7.05 Å². The zero-order chi connectivity index (χ0) is 28.4. The minimum atomic E-state index is -0.0303. The zero-order valence-corrected chi connectivity index (χ0v) is 24.2. The average Bonchev–Trinajstić information content (AvgIpc) is 3.19. The first-order chi connectivity index (χ1) is 20.5. The molecule has 8 rings (SSSR count). The summed E-state index contributed by atoms with van der Waals surface area (Å²) in [5, 5.41) is 0. The fourth-order valence-corrected chi connectivity index (χ4v) is 7.03. The minimum absolute atomic E-state index is 0.0303. The molecule has 0 amide bonds. The molecule has 2 nitrogen and oxygen atoms in total. The van der Waals surface area contributed by atoms with Gasteiger partial charge in [0.2, 0.25) is 0 Å². The van der Waals surface area contributed by atoms with Crippen molar-refractivity contribution in [2.75, 3.05) is 16.8 Å². The van der Waals surface area contributed by atoms with Crippen molar-refractivity contribution < 1.29 is 0 Å². The predicted molar refractivity (Wildman–Crippen MR) is 178 cm³/mol.